The van der Waals surface area contributed by atoms with Crippen LogP contribution >= 0.6 is 0 Å². The Morgan fingerprint density at radius 2 is 0.985 bits per heavy atom. The second kappa shape index (κ2) is 46.5. The van der Waals surface area contributed by atoms with E-state index in [-0.39, 0.29) is 55.1 Å². The zero-order valence-electron chi connectivity index (χ0n) is 72.1. The van der Waals surface area contributed by atoms with Crippen LogP contribution in [-0.2, 0) is 88.5 Å². The largest absolute Gasteiger partial charge is 0.478 e. The average molecular weight is 1900 g/mol. The Labute approximate surface area is 761 Å². The first-order valence-corrected chi connectivity index (χ1v) is 45.0. The monoisotopic (exact) mass is 1900 g/mol. The predicted molar refractivity (Wildman–Crippen MR) is 451 cm³/mol. The third-order valence-corrected chi connectivity index (χ3v) is 24.9. The van der Waals surface area contributed by atoms with Crippen molar-refractivity contribution in [3.63, 3.8) is 0 Å². The van der Waals surface area contributed by atoms with Gasteiger partial charge in [-0.25, -0.2) is 9.97 Å². The summed E-state index contributed by atoms with van der Waals surface area (Å²) in [7, 11) is -4.67. The molecule has 1 unspecified atom stereocenters. The molecule has 22 fully saturated rings. The number of hydrogen-bond acceptors (Lipinski definition) is 42. The molecule has 6 aromatic rings. The normalized spacial score (nSPS) is 33.7. The summed E-state index contributed by atoms with van der Waals surface area (Å²) in [5.74, 6) is -1.39. The Balaban J connectivity index is 0.701. The first-order valence-electron chi connectivity index (χ1n) is 43.6. The van der Waals surface area contributed by atoms with Crippen LogP contribution < -0.4 is 26.1 Å². The molecule has 12 bridgehead atoms. The number of carbonyl (C=O) groups excluding carboxylic acids is 3. The summed E-state index contributed by atoms with van der Waals surface area (Å²) in [5.41, 5.74) is 5.71. The molecule has 133 heavy (non-hydrogen) atoms. The summed E-state index contributed by atoms with van der Waals surface area (Å²) in [5, 5.41) is 220. The van der Waals surface area contributed by atoms with E-state index in [1.54, 1.807) is 0 Å². The van der Waals surface area contributed by atoms with Gasteiger partial charge in [0.2, 0.25) is 17.7 Å². The van der Waals surface area contributed by atoms with Gasteiger partial charge in [-0.3, -0.25) is 24.4 Å². The number of rotatable bonds is 33. The number of nitrogens with one attached hydrogen (secondary N) is 4. The second-order valence-corrected chi connectivity index (χ2v) is 35.1. The fourth-order valence-electron chi connectivity index (χ4n) is 16.5. The fraction of sp³-hybridized carbons (Fsp3) is 0.612. The number of anilines is 1. The molecule has 48 heteroatoms. The van der Waals surface area contributed by atoms with E-state index in [4.69, 9.17) is 66.6 Å². The number of nitrogens with zero attached hydrogens (tertiary/aromatic N) is 7. The molecular formula is C85H115N11O36S. The van der Waals surface area contributed by atoms with Crippen LogP contribution in [0.25, 0.3) is 22.4 Å². The van der Waals surface area contributed by atoms with Crippen molar-refractivity contribution in [2.24, 2.45) is 5.10 Å². The number of amides is 3. The third kappa shape index (κ3) is 24.7. The first kappa shape index (κ1) is 102. The van der Waals surface area contributed by atoms with E-state index in [1.807, 2.05) is 86.6 Å². The van der Waals surface area contributed by atoms with Crippen molar-refractivity contribution in [1.29, 1.82) is 0 Å². The lowest BCUT2D eigenvalue weighted by Gasteiger charge is -2.51. The Bertz CT molecular complexity index is 4790. The highest BCUT2D eigenvalue weighted by atomic mass is 32.2. The molecule has 3 aromatic heterocycles. The maximum absolute atomic E-state index is 15.4. The molecule has 0 aliphatic carbocycles. The van der Waals surface area contributed by atoms with Crippen molar-refractivity contribution in [2.75, 3.05) is 58.2 Å². The molecule has 28 rings (SSSR count). The van der Waals surface area contributed by atoms with E-state index in [0.29, 0.717) is 37.7 Å². The summed E-state index contributed by atoms with van der Waals surface area (Å²) in [6.45, 7) is -1.84. The van der Waals surface area contributed by atoms with Gasteiger partial charge in [0.15, 0.2) is 43.6 Å². The van der Waals surface area contributed by atoms with Crippen molar-refractivity contribution < 1.29 is 176 Å². The highest BCUT2D eigenvalue weighted by Gasteiger charge is 2.60. The summed E-state index contributed by atoms with van der Waals surface area (Å²) >= 11 is 0. The minimum absolute atomic E-state index is 0.00243. The van der Waals surface area contributed by atoms with Crippen molar-refractivity contribution in [3.8, 4) is 28.3 Å². The van der Waals surface area contributed by atoms with Crippen LogP contribution in [0.5, 0.6) is 5.88 Å². The number of aryl methyl sites for hydroxylation is 1. The van der Waals surface area contributed by atoms with Crippen molar-refractivity contribution in [3.05, 3.63) is 132 Å². The molecule has 3 aromatic carbocycles. The van der Waals surface area contributed by atoms with Gasteiger partial charge in [0.25, 0.3) is 16.0 Å². The Kier molecular flexibility index (Phi) is 35.6. The number of aliphatic hydroxyl groups excluding tert-OH is 17. The van der Waals surface area contributed by atoms with Crippen LogP contribution in [0.15, 0.2) is 125 Å². The van der Waals surface area contributed by atoms with Crippen LogP contribution in [0, 0.1) is 0 Å². The summed E-state index contributed by atoms with van der Waals surface area (Å²) < 4.78 is 111. The molecule has 0 spiro atoms. The van der Waals surface area contributed by atoms with E-state index < -0.39 is 262 Å². The van der Waals surface area contributed by atoms with Crippen molar-refractivity contribution in [1.82, 2.24) is 46.1 Å². The van der Waals surface area contributed by atoms with Crippen LogP contribution in [-0.4, -0.2) is 397 Å². The van der Waals surface area contributed by atoms with Gasteiger partial charge < -0.3 is 164 Å². The van der Waals surface area contributed by atoms with Crippen molar-refractivity contribution in [2.45, 2.75) is 279 Å². The van der Waals surface area contributed by atoms with Crippen LogP contribution in [0.3, 0.4) is 0 Å². The molecule has 22 saturated heterocycles. The molecule has 0 saturated carbocycles. The van der Waals surface area contributed by atoms with Gasteiger partial charge in [0.05, 0.1) is 76.3 Å². The third-order valence-electron chi connectivity index (χ3n) is 24.0. The molecule has 22 aliphatic heterocycles. The standard InChI is InChI=1S/C85H115N11O36S/c1-85(2,27-13-16-30-120-57-32-45(41-17-5-3-6-18-41)31-47(89-57)42-19-7-4-8-20-42)84-93-95-96(94-84)29-15-12-24-56(103)86-28-14-11-22-46(90-76(115)44-25-26-55(87-33-44)92-88-34-43-21-9-10-23-54(43)133(117,118)119)77(116)91-58-59(104)78-121-48(35-97)70(58)127-79-65(110)60(105)72(50(37-99)122-79)129-81-67(112)62(107)74(52(39-101)124-81)131-83-69(114)64(109)75(53(40-102)126-83)132-82-68(113)63(108)73(51(38-100)125-82)130-80-66(111)61(106)71(128-78)49(36-98)123-80/h3-10,17-21,23,25-26,31-34,46,48-53,58-75,78-83,97-102,104-114H,11-16,22,24,27-30,35-40H2,1-2H3,(H,86,103)(H,87,92)(H,90,115)(H,91,116)(H,117,118,119)/b88-34+/t46?,48-,49-,50-,51-,52-,53-,58-,59-,60-,61-,62-,63-,64-,65-,66-,67-,68-,69-,70-,71-,72-,73-,74-,75-,78-,79-,80-,81-,82-,83-/m1/s1. The highest BCUT2D eigenvalue weighted by molar-refractivity contribution is 7.86. The van der Waals surface area contributed by atoms with Gasteiger partial charge in [-0.15, -0.1) is 10.2 Å². The molecule has 0 radical (unpaired) electrons. The number of ether oxygens (including phenoxy) is 13. The number of benzene rings is 3. The van der Waals surface area contributed by atoms with E-state index in [9.17, 15) is 109 Å². The van der Waals surface area contributed by atoms with Crippen LogP contribution in [0.1, 0.15) is 93.4 Å². The Morgan fingerprint density at radius 3 is 1.47 bits per heavy atom. The maximum Gasteiger partial charge on any atom is 0.295 e. The number of hydrazone groups is 1. The van der Waals surface area contributed by atoms with Crippen LogP contribution in [0.4, 0.5) is 5.82 Å². The average Bonchev–Trinajstić information content (AvgIpc) is 1.08. The molecular weight excluding hydrogens is 1780 g/mol. The Hall–Kier alpha value is -8.54. The van der Waals surface area contributed by atoms with Crippen molar-refractivity contribution >= 4 is 39.9 Å². The minimum Gasteiger partial charge on any atom is -0.478 e. The first-order chi connectivity index (χ1) is 63.8. The number of aliphatic hydroxyl groups is 17. The molecule has 22 aliphatic rings. The maximum atomic E-state index is 15.4. The van der Waals surface area contributed by atoms with Gasteiger partial charge in [-0.05, 0) is 92.0 Å². The summed E-state index contributed by atoms with van der Waals surface area (Å²) in [6.07, 6.45) is -55.7. The predicted octanol–water partition coefficient (Wildman–Crippen LogP) is -5.65. The molecule has 47 nitrogen and oxygen atoms in total. The number of tetrazole rings is 1. The van der Waals surface area contributed by atoms with E-state index in [1.165, 1.54) is 35.1 Å². The Morgan fingerprint density at radius 1 is 0.519 bits per heavy atom. The smallest absolute Gasteiger partial charge is 0.295 e. The topological polar surface area (TPSA) is 699 Å². The van der Waals surface area contributed by atoms with Gasteiger partial charge in [0, 0.05) is 41.8 Å². The van der Waals surface area contributed by atoms with E-state index >= 15 is 4.79 Å². The van der Waals surface area contributed by atoms with Gasteiger partial charge in [-0.1, -0.05) is 92.7 Å². The molecule has 22 N–H and O–H groups in total. The lowest BCUT2D eigenvalue weighted by Crippen LogP contribution is -2.71. The van der Waals surface area contributed by atoms with E-state index in [0.717, 1.165) is 60.1 Å². The highest BCUT2D eigenvalue weighted by Crippen LogP contribution is 2.40. The SMILES string of the molecule is CC(C)(CCCCOc1cc(-c2ccccc2)cc(-c2ccccc2)n1)c1nnn(CCCCC(=O)NCCCCC(NC(=O)c2ccc(N/N=C/c3ccccc3S(=O)(=O)O)nc2)C(=O)N[C@@H]2[C@@H](O)[C@H]3O[C@H]4[C@H](O)[C@@H](O)[C@@H](O[C@H]5[C@H](O)[C@@H](O)[C@@H](O[C@H]6[C@H](O)[C@@H](O)[C@@H](O[C@H]7[C@H](O)[C@@H](O)[C@@H](O[C@H]8[C@H](O)[C@@H](O)[C@@H](O[C@@H]2[C@@H](CO)O3)O[C@@H]8CO)O[C@@H]7CO)O[C@@H]6CO)O[C@@H]5CO)O[C@@H]4CO)n1. The molecule has 3 amide bonds. The van der Waals surface area contributed by atoms with Crippen LogP contribution in [0.2, 0.25) is 0 Å². The number of carbonyl (C=O) groups is 3. The van der Waals surface area contributed by atoms with E-state index in [2.05, 4.69) is 46.9 Å². The lowest BCUT2D eigenvalue weighted by atomic mass is 9.86. The quantitative estimate of drug-likeness (QED) is 0.00790. The minimum atomic E-state index is -4.67. The van der Waals surface area contributed by atoms with Gasteiger partial charge in [-0.2, -0.15) is 18.3 Å². The molecule has 31 atom stereocenters. The number of unbranched alkanes of at least 4 members (excludes halogenated alkanes) is 3. The summed E-state index contributed by atoms with van der Waals surface area (Å²) in [6, 6.07) is 28.0. The molecule has 25 heterocycles. The fourth-order valence-corrected chi connectivity index (χ4v) is 17.2. The zero-order chi connectivity index (χ0) is 95.1. The number of hydrogen-bond donors (Lipinski definition) is 22. The van der Waals surface area contributed by atoms with Gasteiger partial charge in [0.1, 0.15) is 157 Å². The number of aromatic nitrogens is 6. The molecule has 732 valence electrons. The second-order valence-electron chi connectivity index (χ2n) is 33.7. The zero-order valence-corrected chi connectivity index (χ0v) is 72.9. The lowest BCUT2D eigenvalue weighted by molar-refractivity contribution is -0.401. The summed E-state index contributed by atoms with van der Waals surface area (Å²) in [4.78, 5) is 53.3. The number of pyridine rings is 2. The van der Waals surface area contributed by atoms with Gasteiger partial charge >= 0.3 is 0 Å².